The molecule has 0 bridgehead atoms. The summed E-state index contributed by atoms with van der Waals surface area (Å²) in [7, 11) is -2.15. The van der Waals surface area contributed by atoms with Gasteiger partial charge in [-0.3, -0.25) is 13.9 Å². The SMILES string of the molecule is CNC(=O)C(Cc1ccccc1)N(Cc1ccccc1C)C(=O)CCCN(c1cc(Cl)ccc1Cl)S(C)(=O)=O. The van der Waals surface area contributed by atoms with E-state index >= 15 is 0 Å². The average molecular weight is 591 g/mol. The number of carbonyl (C=O) groups is 2. The van der Waals surface area contributed by atoms with Gasteiger partial charge in [-0.1, -0.05) is 77.8 Å². The number of amides is 2. The van der Waals surface area contributed by atoms with Crippen LogP contribution in [0.1, 0.15) is 29.5 Å². The first-order valence-corrected chi connectivity index (χ1v) is 15.1. The fourth-order valence-electron chi connectivity index (χ4n) is 4.35. The van der Waals surface area contributed by atoms with Crippen LogP contribution in [0.25, 0.3) is 0 Å². The molecule has 0 saturated heterocycles. The molecule has 39 heavy (non-hydrogen) atoms. The monoisotopic (exact) mass is 589 g/mol. The van der Waals surface area contributed by atoms with Crippen LogP contribution in [0.4, 0.5) is 5.69 Å². The molecule has 0 radical (unpaired) electrons. The van der Waals surface area contributed by atoms with Gasteiger partial charge in [-0.15, -0.1) is 0 Å². The highest BCUT2D eigenvalue weighted by molar-refractivity contribution is 7.92. The van der Waals surface area contributed by atoms with Crippen LogP contribution < -0.4 is 9.62 Å². The van der Waals surface area contributed by atoms with Crippen LogP contribution in [0, 0.1) is 6.92 Å². The number of aryl methyl sites for hydroxylation is 1. The Bertz CT molecular complexity index is 1400. The number of benzene rings is 3. The number of likely N-dealkylation sites (N-methyl/N-ethyl adjacent to an activating group) is 1. The molecule has 0 fully saturated rings. The summed E-state index contributed by atoms with van der Waals surface area (Å²) in [5.41, 5.74) is 3.11. The van der Waals surface area contributed by atoms with E-state index in [0.29, 0.717) is 11.4 Å². The fraction of sp³-hybridized carbons (Fsp3) is 0.310. The number of sulfonamides is 1. The van der Waals surface area contributed by atoms with Crippen LogP contribution in [-0.2, 0) is 32.6 Å². The first-order chi connectivity index (χ1) is 18.5. The molecule has 2 amide bonds. The molecule has 3 rings (SSSR count). The Balaban J connectivity index is 1.87. The Hall–Kier alpha value is -3.07. The van der Waals surface area contributed by atoms with Crippen molar-refractivity contribution in [2.75, 3.05) is 24.2 Å². The molecule has 1 unspecified atom stereocenters. The van der Waals surface area contributed by atoms with Crippen molar-refractivity contribution < 1.29 is 18.0 Å². The van der Waals surface area contributed by atoms with Gasteiger partial charge in [-0.25, -0.2) is 8.42 Å². The van der Waals surface area contributed by atoms with Crippen molar-refractivity contribution in [3.8, 4) is 0 Å². The number of nitrogens with zero attached hydrogens (tertiary/aromatic N) is 2. The number of anilines is 1. The van der Waals surface area contributed by atoms with Crippen LogP contribution in [-0.4, -0.2) is 51.0 Å². The highest BCUT2D eigenvalue weighted by Crippen LogP contribution is 2.31. The molecule has 0 saturated carbocycles. The summed E-state index contributed by atoms with van der Waals surface area (Å²) in [6, 6.07) is 21.1. The van der Waals surface area contributed by atoms with Crippen LogP contribution in [0.2, 0.25) is 10.0 Å². The minimum atomic E-state index is -3.70. The average Bonchev–Trinajstić information content (AvgIpc) is 2.90. The van der Waals surface area contributed by atoms with Gasteiger partial charge in [0, 0.05) is 38.0 Å². The number of rotatable bonds is 12. The molecule has 0 spiro atoms. The molecule has 0 aliphatic carbocycles. The normalized spacial score (nSPS) is 12.0. The van der Waals surface area contributed by atoms with E-state index in [1.165, 1.54) is 12.1 Å². The van der Waals surface area contributed by atoms with E-state index < -0.39 is 16.1 Å². The summed E-state index contributed by atoms with van der Waals surface area (Å²) in [5.74, 6) is -0.530. The van der Waals surface area contributed by atoms with Crippen LogP contribution in [0.15, 0.2) is 72.8 Å². The van der Waals surface area contributed by atoms with Crippen molar-refractivity contribution in [1.29, 1.82) is 0 Å². The predicted molar refractivity (Wildman–Crippen MR) is 158 cm³/mol. The summed E-state index contributed by atoms with van der Waals surface area (Å²) >= 11 is 12.4. The molecule has 208 valence electrons. The second-order valence-electron chi connectivity index (χ2n) is 9.30. The molecule has 7 nitrogen and oxygen atoms in total. The van der Waals surface area contributed by atoms with E-state index in [1.807, 2.05) is 61.5 Å². The summed E-state index contributed by atoms with van der Waals surface area (Å²) in [5, 5.41) is 3.28. The summed E-state index contributed by atoms with van der Waals surface area (Å²) in [6.07, 6.45) is 1.66. The molecule has 10 heteroatoms. The van der Waals surface area contributed by atoms with Crippen molar-refractivity contribution in [2.45, 2.75) is 38.8 Å². The van der Waals surface area contributed by atoms with E-state index in [0.717, 1.165) is 27.3 Å². The van der Waals surface area contributed by atoms with Gasteiger partial charge in [0.05, 0.1) is 17.0 Å². The van der Waals surface area contributed by atoms with Gasteiger partial charge in [0.25, 0.3) is 0 Å². The summed E-state index contributed by atoms with van der Waals surface area (Å²) < 4.78 is 26.4. The molecule has 0 heterocycles. The van der Waals surface area contributed by atoms with Gasteiger partial charge in [0.2, 0.25) is 21.8 Å². The zero-order valence-electron chi connectivity index (χ0n) is 22.2. The maximum atomic E-state index is 13.7. The van der Waals surface area contributed by atoms with E-state index in [9.17, 15) is 18.0 Å². The van der Waals surface area contributed by atoms with E-state index in [4.69, 9.17) is 23.2 Å². The topological polar surface area (TPSA) is 86.8 Å². The minimum Gasteiger partial charge on any atom is -0.357 e. The summed E-state index contributed by atoms with van der Waals surface area (Å²) in [6.45, 7) is 2.22. The molecule has 1 N–H and O–H groups in total. The largest absolute Gasteiger partial charge is 0.357 e. The first-order valence-electron chi connectivity index (χ1n) is 12.5. The predicted octanol–water partition coefficient (Wildman–Crippen LogP) is 5.23. The van der Waals surface area contributed by atoms with Gasteiger partial charge in [0.15, 0.2) is 0 Å². The van der Waals surface area contributed by atoms with E-state index in [-0.39, 0.29) is 48.5 Å². The van der Waals surface area contributed by atoms with Gasteiger partial charge < -0.3 is 10.2 Å². The Kier molecular flexibility index (Phi) is 10.8. The van der Waals surface area contributed by atoms with Gasteiger partial charge >= 0.3 is 0 Å². The maximum Gasteiger partial charge on any atom is 0.242 e. The molecule has 0 aliphatic rings. The highest BCUT2D eigenvalue weighted by atomic mass is 35.5. The molecule has 0 aliphatic heterocycles. The van der Waals surface area contributed by atoms with E-state index in [2.05, 4.69) is 5.32 Å². The lowest BCUT2D eigenvalue weighted by Crippen LogP contribution is -2.50. The Morgan fingerprint density at radius 1 is 0.974 bits per heavy atom. The molecule has 3 aromatic carbocycles. The first kappa shape index (κ1) is 30.5. The summed E-state index contributed by atoms with van der Waals surface area (Å²) in [4.78, 5) is 28.4. The quantitative estimate of drug-likeness (QED) is 0.313. The van der Waals surface area contributed by atoms with Crippen LogP contribution in [0.5, 0.6) is 0 Å². The number of halogens is 2. The molecular formula is C29H33Cl2N3O4S. The molecule has 1 atom stereocenters. The Labute approximate surface area is 240 Å². The van der Waals surface area contributed by atoms with Gasteiger partial charge in [-0.2, -0.15) is 0 Å². The maximum absolute atomic E-state index is 13.7. The van der Waals surface area contributed by atoms with E-state index in [1.54, 1.807) is 18.0 Å². The second-order valence-corrected chi connectivity index (χ2v) is 12.1. The smallest absolute Gasteiger partial charge is 0.242 e. The minimum absolute atomic E-state index is 0.0200. The Morgan fingerprint density at radius 2 is 1.64 bits per heavy atom. The highest BCUT2D eigenvalue weighted by Gasteiger charge is 2.30. The van der Waals surface area contributed by atoms with Crippen molar-refractivity contribution in [3.63, 3.8) is 0 Å². The van der Waals surface area contributed by atoms with Crippen LogP contribution in [0.3, 0.4) is 0 Å². The molecule has 0 aromatic heterocycles. The standard InChI is InChI=1S/C29H33Cl2N3O4S/c1-21-10-7-8-13-23(21)20-33(27(29(36)32-2)18-22-11-5-4-6-12-22)28(35)14-9-17-34(39(3,37)38)26-19-24(30)15-16-25(26)31/h4-8,10-13,15-16,19,27H,9,14,17-18,20H2,1-3H3,(H,32,36). The zero-order chi connectivity index (χ0) is 28.6. The zero-order valence-corrected chi connectivity index (χ0v) is 24.6. The number of hydrogen-bond donors (Lipinski definition) is 1. The number of hydrogen-bond acceptors (Lipinski definition) is 4. The lowest BCUT2D eigenvalue weighted by molar-refractivity contribution is -0.141. The van der Waals surface area contributed by atoms with Crippen molar-refractivity contribution in [2.24, 2.45) is 0 Å². The third-order valence-electron chi connectivity index (χ3n) is 6.45. The fourth-order valence-corrected chi connectivity index (χ4v) is 5.76. The van der Waals surface area contributed by atoms with Crippen molar-refractivity contribution in [1.82, 2.24) is 10.2 Å². The lowest BCUT2D eigenvalue weighted by atomic mass is 10.0. The molecule has 3 aromatic rings. The third kappa shape index (κ3) is 8.46. The number of carbonyl (C=O) groups excluding carboxylic acids is 2. The lowest BCUT2D eigenvalue weighted by Gasteiger charge is -2.32. The van der Waals surface area contributed by atoms with Gasteiger partial charge in [-0.05, 0) is 48.2 Å². The number of nitrogens with one attached hydrogen (secondary N) is 1. The van der Waals surface area contributed by atoms with Gasteiger partial charge in [0.1, 0.15) is 6.04 Å². The second kappa shape index (κ2) is 13.8. The molecular weight excluding hydrogens is 557 g/mol. The van der Waals surface area contributed by atoms with Crippen molar-refractivity contribution in [3.05, 3.63) is 99.5 Å². The Morgan fingerprint density at radius 3 is 2.28 bits per heavy atom. The van der Waals surface area contributed by atoms with Crippen LogP contribution >= 0.6 is 23.2 Å². The van der Waals surface area contributed by atoms with Crippen molar-refractivity contribution >= 4 is 50.7 Å². The third-order valence-corrected chi connectivity index (χ3v) is 8.18.